The molecule has 1 aliphatic heterocycles. The van der Waals surface area contributed by atoms with E-state index in [0.717, 1.165) is 10.5 Å². The van der Waals surface area contributed by atoms with Crippen molar-refractivity contribution in [2.75, 3.05) is 13.1 Å². The maximum Gasteiger partial charge on any atom is 0.394 e. The fourth-order valence-corrected chi connectivity index (χ4v) is 2.37. The standard InChI is InChI=1S/C14H15F3N2O4/c15-14(16,17)11-7-19(6-10(11)12(20)21)13(22)18-23-8-9-4-2-1-3-5-9/h1-5,10-11H,6-8H2,(H,18,22)(H,20,21)/t10-,11-/m1/s1. The second-order valence-corrected chi connectivity index (χ2v) is 5.18. The third-order valence-electron chi connectivity index (χ3n) is 3.59. The number of carbonyl (C=O) groups is 2. The maximum atomic E-state index is 12.8. The Morgan fingerprint density at radius 2 is 1.91 bits per heavy atom. The third kappa shape index (κ3) is 4.35. The van der Waals surface area contributed by atoms with Gasteiger partial charge in [-0.25, -0.2) is 10.3 Å². The predicted molar refractivity (Wildman–Crippen MR) is 72.0 cm³/mol. The molecule has 0 aromatic heterocycles. The van der Waals surface area contributed by atoms with Gasteiger partial charge in [-0.05, 0) is 5.56 Å². The van der Waals surface area contributed by atoms with Crippen molar-refractivity contribution < 1.29 is 32.7 Å². The van der Waals surface area contributed by atoms with Crippen molar-refractivity contribution in [2.45, 2.75) is 12.8 Å². The minimum absolute atomic E-state index is 0.0471. The molecule has 0 radical (unpaired) electrons. The Hall–Kier alpha value is -2.29. The minimum atomic E-state index is -4.68. The molecule has 0 unspecified atom stereocenters. The lowest BCUT2D eigenvalue weighted by Crippen LogP contribution is -2.39. The molecule has 1 heterocycles. The molecule has 6 nitrogen and oxygen atoms in total. The molecule has 1 fully saturated rings. The van der Waals surface area contributed by atoms with Gasteiger partial charge in [-0.2, -0.15) is 13.2 Å². The molecular formula is C14H15F3N2O4. The summed E-state index contributed by atoms with van der Waals surface area (Å²) >= 11 is 0. The van der Waals surface area contributed by atoms with Gasteiger partial charge in [0.05, 0.1) is 18.4 Å². The Morgan fingerprint density at radius 1 is 1.26 bits per heavy atom. The monoisotopic (exact) mass is 332 g/mol. The summed E-state index contributed by atoms with van der Waals surface area (Å²) in [7, 11) is 0. The number of alkyl halides is 3. The lowest BCUT2D eigenvalue weighted by molar-refractivity contribution is -0.187. The Kier molecular flexibility index (Phi) is 5.09. The summed E-state index contributed by atoms with van der Waals surface area (Å²) in [6.45, 7) is -1.17. The zero-order chi connectivity index (χ0) is 17.0. The Bertz CT molecular complexity index is 565. The van der Waals surface area contributed by atoms with E-state index in [4.69, 9.17) is 9.94 Å². The van der Waals surface area contributed by atoms with Gasteiger partial charge in [0.1, 0.15) is 0 Å². The number of halogens is 3. The quantitative estimate of drug-likeness (QED) is 0.827. The smallest absolute Gasteiger partial charge is 0.394 e. The number of aliphatic carboxylic acids is 1. The van der Waals surface area contributed by atoms with Crippen LogP contribution in [0.25, 0.3) is 0 Å². The van der Waals surface area contributed by atoms with Crippen molar-refractivity contribution >= 4 is 12.0 Å². The first-order chi connectivity index (χ1) is 10.8. The zero-order valence-corrected chi connectivity index (χ0v) is 11.9. The second kappa shape index (κ2) is 6.86. The average molecular weight is 332 g/mol. The number of carboxylic acids is 1. The number of carboxylic acid groups (broad SMARTS) is 1. The number of hydroxylamine groups is 1. The average Bonchev–Trinajstić information content (AvgIpc) is 2.94. The first-order valence-electron chi connectivity index (χ1n) is 6.79. The fourth-order valence-electron chi connectivity index (χ4n) is 2.37. The van der Waals surface area contributed by atoms with Crippen LogP contribution in [0.4, 0.5) is 18.0 Å². The number of nitrogens with zero attached hydrogens (tertiary/aromatic N) is 1. The van der Waals surface area contributed by atoms with Gasteiger partial charge >= 0.3 is 18.2 Å². The highest BCUT2D eigenvalue weighted by molar-refractivity contribution is 5.77. The van der Waals surface area contributed by atoms with E-state index in [0.29, 0.717) is 0 Å². The summed E-state index contributed by atoms with van der Waals surface area (Å²) in [5.41, 5.74) is 2.80. The lowest BCUT2D eigenvalue weighted by atomic mass is 9.96. The molecule has 126 valence electrons. The molecule has 0 saturated carbocycles. The van der Waals surface area contributed by atoms with E-state index in [-0.39, 0.29) is 6.61 Å². The van der Waals surface area contributed by atoms with Crippen molar-refractivity contribution in [1.82, 2.24) is 10.4 Å². The minimum Gasteiger partial charge on any atom is -0.481 e. The first-order valence-corrected chi connectivity index (χ1v) is 6.79. The molecule has 0 spiro atoms. The molecule has 0 aliphatic carbocycles. The van der Waals surface area contributed by atoms with Gasteiger partial charge in [-0.15, -0.1) is 0 Å². The van der Waals surface area contributed by atoms with Crippen molar-refractivity contribution in [3.05, 3.63) is 35.9 Å². The van der Waals surface area contributed by atoms with Crippen LogP contribution in [-0.2, 0) is 16.2 Å². The number of urea groups is 1. The topological polar surface area (TPSA) is 78.9 Å². The van der Waals surface area contributed by atoms with Crippen LogP contribution in [0.5, 0.6) is 0 Å². The second-order valence-electron chi connectivity index (χ2n) is 5.18. The van der Waals surface area contributed by atoms with E-state index in [9.17, 15) is 22.8 Å². The molecule has 9 heteroatoms. The number of rotatable bonds is 4. The first kappa shape index (κ1) is 17.1. The molecule has 2 rings (SSSR count). The molecule has 1 aromatic carbocycles. The highest BCUT2D eigenvalue weighted by atomic mass is 19.4. The van der Waals surface area contributed by atoms with E-state index in [1.807, 2.05) is 5.48 Å². The number of benzene rings is 1. The van der Waals surface area contributed by atoms with Gasteiger partial charge < -0.3 is 10.0 Å². The highest BCUT2D eigenvalue weighted by Gasteiger charge is 2.53. The van der Waals surface area contributed by atoms with Crippen LogP contribution in [0.1, 0.15) is 5.56 Å². The van der Waals surface area contributed by atoms with Crippen molar-refractivity contribution in [2.24, 2.45) is 11.8 Å². The van der Waals surface area contributed by atoms with E-state index in [1.165, 1.54) is 0 Å². The normalized spacial score (nSPS) is 21.3. The Balaban J connectivity index is 1.89. The number of likely N-dealkylation sites (tertiary alicyclic amines) is 1. The number of nitrogens with one attached hydrogen (secondary N) is 1. The predicted octanol–water partition coefficient (Wildman–Crippen LogP) is 2.02. The molecule has 1 aromatic rings. The van der Waals surface area contributed by atoms with Crippen LogP contribution in [-0.4, -0.2) is 41.3 Å². The summed E-state index contributed by atoms with van der Waals surface area (Å²) < 4.78 is 38.5. The summed E-state index contributed by atoms with van der Waals surface area (Å²) in [4.78, 5) is 28.5. The molecule has 23 heavy (non-hydrogen) atoms. The van der Waals surface area contributed by atoms with E-state index < -0.39 is 43.1 Å². The van der Waals surface area contributed by atoms with Gasteiger partial charge in [0.2, 0.25) is 0 Å². The van der Waals surface area contributed by atoms with Crippen molar-refractivity contribution in [3.63, 3.8) is 0 Å². The molecule has 2 atom stereocenters. The van der Waals surface area contributed by atoms with Crippen LogP contribution in [0.15, 0.2) is 30.3 Å². The molecule has 1 saturated heterocycles. The summed E-state index contributed by atoms with van der Waals surface area (Å²) in [5, 5.41) is 8.88. The molecule has 2 N–H and O–H groups in total. The van der Waals surface area contributed by atoms with Gasteiger partial charge in [-0.1, -0.05) is 30.3 Å². The van der Waals surface area contributed by atoms with Crippen LogP contribution in [0.3, 0.4) is 0 Å². The maximum absolute atomic E-state index is 12.8. The largest absolute Gasteiger partial charge is 0.481 e. The molecule has 1 aliphatic rings. The number of hydrogen-bond acceptors (Lipinski definition) is 3. The SMILES string of the molecule is O=C(O)[C@@H]1CN(C(=O)NOCc2ccccc2)C[C@H]1C(F)(F)F. The Morgan fingerprint density at radius 3 is 2.43 bits per heavy atom. The van der Waals surface area contributed by atoms with Gasteiger partial charge in [0, 0.05) is 13.1 Å². The van der Waals surface area contributed by atoms with Crippen molar-refractivity contribution in [3.8, 4) is 0 Å². The van der Waals surface area contributed by atoms with Gasteiger partial charge in [-0.3, -0.25) is 9.63 Å². The summed E-state index contributed by atoms with van der Waals surface area (Å²) in [6.07, 6.45) is -4.68. The zero-order valence-electron chi connectivity index (χ0n) is 11.9. The summed E-state index contributed by atoms with van der Waals surface area (Å²) in [6, 6.07) is 7.96. The van der Waals surface area contributed by atoms with Crippen molar-refractivity contribution in [1.29, 1.82) is 0 Å². The molecular weight excluding hydrogens is 317 g/mol. The van der Waals surface area contributed by atoms with Crippen LogP contribution >= 0.6 is 0 Å². The number of hydrogen-bond donors (Lipinski definition) is 2. The van der Waals surface area contributed by atoms with E-state index >= 15 is 0 Å². The van der Waals surface area contributed by atoms with E-state index in [1.54, 1.807) is 30.3 Å². The van der Waals surface area contributed by atoms with Crippen LogP contribution < -0.4 is 5.48 Å². The molecule has 2 amide bonds. The van der Waals surface area contributed by atoms with Crippen LogP contribution in [0.2, 0.25) is 0 Å². The van der Waals surface area contributed by atoms with Gasteiger partial charge in [0.15, 0.2) is 0 Å². The van der Waals surface area contributed by atoms with Crippen LogP contribution in [0, 0.1) is 11.8 Å². The number of carbonyl (C=O) groups excluding carboxylic acids is 1. The van der Waals surface area contributed by atoms with Gasteiger partial charge in [0.25, 0.3) is 0 Å². The van der Waals surface area contributed by atoms with E-state index in [2.05, 4.69) is 0 Å². The lowest BCUT2D eigenvalue weighted by Gasteiger charge is -2.18. The number of amides is 2. The third-order valence-corrected chi connectivity index (χ3v) is 3.59. The summed E-state index contributed by atoms with van der Waals surface area (Å²) in [5.74, 6) is -5.33. The highest BCUT2D eigenvalue weighted by Crippen LogP contribution is 2.37. The molecule has 0 bridgehead atoms. The fraction of sp³-hybridized carbons (Fsp3) is 0.429. The Labute approximate surface area is 129 Å².